The summed E-state index contributed by atoms with van der Waals surface area (Å²) < 4.78 is 62.4. The van der Waals surface area contributed by atoms with Crippen molar-refractivity contribution in [2.24, 2.45) is 5.41 Å². The van der Waals surface area contributed by atoms with Crippen LogP contribution in [0.3, 0.4) is 0 Å². The number of aromatic nitrogens is 1. The quantitative estimate of drug-likeness (QED) is 0.699. The Morgan fingerprint density at radius 1 is 1.29 bits per heavy atom. The van der Waals surface area contributed by atoms with E-state index in [1.807, 2.05) is 13.8 Å². The summed E-state index contributed by atoms with van der Waals surface area (Å²) in [6, 6.07) is 4.15. The second kappa shape index (κ2) is 7.38. The smallest absolute Gasteiger partial charge is 0.379 e. The van der Waals surface area contributed by atoms with Gasteiger partial charge in [-0.25, -0.2) is 4.39 Å². The Morgan fingerprint density at radius 3 is 2.65 bits per heavy atom. The van der Waals surface area contributed by atoms with E-state index in [1.54, 1.807) is 6.07 Å². The predicted octanol–water partition coefficient (Wildman–Crippen LogP) is 4.86. The van der Waals surface area contributed by atoms with Crippen LogP contribution in [0.4, 0.5) is 23.2 Å². The minimum absolute atomic E-state index is 0.00328. The zero-order valence-corrected chi connectivity index (χ0v) is 17.1. The third-order valence-corrected chi connectivity index (χ3v) is 5.73. The number of carbonyl (C=O) groups is 1. The van der Waals surface area contributed by atoms with E-state index in [4.69, 9.17) is 4.74 Å². The van der Waals surface area contributed by atoms with Gasteiger partial charge in [0.25, 0.3) is 0 Å². The zero-order chi connectivity index (χ0) is 22.6. The van der Waals surface area contributed by atoms with Crippen molar-refractivity contribution in [3.8, 4) is 11.8 Å². The summed E-state index contributed by atoms with van der Waals surface area (Å²) in [6.45, 7) is 4.53. The molecule has 0 spiro atoms. The third-order valence-electron chi connectivity index (χ3n) is 5.73. The number of nitrogens with zero attached hydrogens (tertiary/aromatic N) is 2. The molecule has 1 aliphatic carbocycles. The fraction of sp³-hybridized carbons (Fsp3) is 0.455. The molecule has 0 amide bonds. The van der Waals surface area contributed by atoms with Crippen molar-refractivity contribution in [1.29, 1.82) is 5.26 Å². The van der Waals surface area contributed by atoms with Crippen LogP contribution < -0.4 is 5.32 Å². The molecule has 0 radical (unpaired) electrons. The summed E-state index contributed by atoms with van der Waals surface area (Å²) in [7, 11) is 0. The van der Waals surface area contributed by atoms with E-state index in [0.29, 0.717) is 19.6 Å². The fourth-order valence-electron chi connectivity index (χ4n) is 4.34. The van der Waals surface area contributed by atoms with Crippen LogP contribution in [0.1, 0.15) is 53.9 Å². The van der Waals surface area contributed by atoms with Crippen LogP contribution in [0.5, 0.6) is 0 Å². The van der Waals surface area contributed by atoms with Gasteiger partial charge in [-0.2, -0.15) is 18.4 Å². The lowest BCUT2D eigenvalue weighted by Gasteiger charge is -2.30. The summed E-state index contributed by atoms with van der Waals surface area (Å²) in [5, 5.41) is 12.4. The minimum atomic E-state index is -4.72. The first-order valence-corrected chi connectivity index (χ1v) is 9.93. The lowest BCUT2D eigenvalue weighted by Crippen LogP contribution is -2.29. The first-order valence-electron chi connectivity index (χ1n) is 9.93. The predicted molar refractivity (Wildman–Crippen MR) is 105 cm³/mol. The highest BCUT2D eigenvalue weighted by molar-refractivity contribution is 6.00. The molecule has 1 aromatic carbocycles. The molecule has 9 heteroatoms. The Hall–Kier alpha value is -2.86. The van der Waals surface area contributed by atoms with Crippen LogP contribution in [-0.2, 0) is 17.3 Å². The van der Waals surface area contributed by atoms with Gasteiger partial charge in [0.15, 0.2) is 5.78 Å². The average Bonchev–Trinajstić information content (AvgIpc) is 3.27. The van der Waals surface area contributed by atoms with Crippen LogP contribution in [0, 0.1) is 22.6 Å². The molecule has 1 aliphatic heterocycles. The van der Waals surface area contributed by atoms with Gasteiger partial charge in [0.2, 0.25) is 0 Å². The molecule has 5 nitrogen and oxygen atoms in total. The van der Waals surface area contributed by atoms with Crippen LogP contribution in [-0.4, -0.2) is 29.6 Å². The highest BCUT2D eigenvalue weighted by Crippen LogP contribution is 2.43. The second-order valence-electron chi connectivity index (χ2n) is 8.84. The second-order valence-corrected chi connectivity index (χ2v) is 8.84. The molecule has 164 valence electrons. The number of ether oxygens (including phenoxy) is 1. The lowest BCUT2D eigenvalue weighted by atomic mass is 9.75. The largest absolute Gasteiger partial charge is 0.418 e. The Morgan fingerprint density at radius 2 is 2.03 bits per heavy atom. The van der Waals surface area contributed by atoms with Crippen LogP contribution in [0.2, 0.25) is 0 Å². The molecular formula is C22H21F4N3O2. The molecule has 1 fully saturated rings. The Bertz CT molecular complexity index is 1090. The number of nitrogens with one attached hydrogen (secondary N) is 1. The van der Waals surface area contributed by atoms with Gasteiger partial charge < -0.3 is 14.6 Å². The number of halogens is 4. The number of alkyl halides is 3. The van der Waals surface area contributed by atoms with Gasteiger partial charge in [-0.15, -0.1) is 0 Å². The van der Waals surface area contributed by atoms with E-state index >= 15 is 0 Å². The number of hydrogen-bond acceptors (Lipinski definition) is 4. The van der Waals surface area contributed by atoms with Crippen molar-refractivity contribution >= 4 is 11.5 Å². The minimum Gasteiger partial charge on any atom is -0.379 e. The molecule has 1 atom stereocenters. The fourth-order valence-corrected chi connectivity index (χ4v) is 4.34. The number of carbonyl (C=O) groups excluding carboxylic acids is 1. The van der Waals surface area contributed by atoms with Gasteiger partial charge in [-0.05, 0) is 30.4 Å². The maximum Gasteiger partial charge on any atom is 0.418 e. The molecule has 2 heterocycles. The lowest BCUT2D eigenvalue weighted by molar-refractivity contribution is -0.137. The molecule has 0 saturated carbocycles. The van der Waals surface area contributed by atoms with E-state index in [1.165, 1.54) is 10.6 Å². The molecule has 2 aliphatic rings. The van der Waals surface area contributed by atoms with Gasteiger partial charge >= 0.3 is 6.18 Å². The van der Waals surface area contributed by atoms with Gasteiger partial charge in [0.05, 0.1) is 35.2 Å². The van der Waals surface area contributed by atoms with Crippen molar-refractivity contribution in [2.75, 3.05) is 18.5 Å². The van der Waals surface area contributed by atoms with Crippen molar-refractivity contribution in [3.05, 3.63) is 46.5 Å². The third kappa shape index (κ3) is 3.92. The van der Waals surface area contributed by atoms with E-state index < -0.39 is 28.8 Å². The summed E-state index contributed by atoms with van der Waals surface area (Å²) in [6.07, 6.45) is -2.97. The number of Topliss-reactive ketones (excluding diaryl/α,β-unsaturated/α-hetero) is 1. The highest BCUT2D eigenvalue weighted by Gasteiger charge is 2.43. The summed E-state index contributed by atoms with van der Waals surface area (Å²) in [5.74, 6) is -1.42. The topological polar surface area (TPSA) is 67.0 Å². The summed E-state index contributed by atoms with van der Waals surface area (Å²) in [4.78, 5) is 12.6. The van der Waals surface area contributed by atoms with Crippen molar-refractivity contribution < 1.29 is 27.1 Å². The number of ketones is 1. The van der Waals surface area contributed by atoms with E-state index in [-0.39, 0.29) is 47.1 Å². The van der Waals surface area contributed by atoms with Crippen LogP contribution in [0.25, 0.3) is 5.69 Å². The Kier molecular flexibility index (Phi) is 5.09. The molecule has 1 unspecified atom stereocenters. The maximum atomic E-state index is 14.8. The molecule has 1 saturated heterocycles. The number of nitriles is 1. The standard InChI is InChI=1S/C22H21F4N3O2/c1-21(2)7-18-20(19(30)8-21)15(22(24,25)26)10-29(18)13-5-16(23)14(9-27)17(6-13)28-12-3-4-31-11-12/h5-6,10,12,28H,3-4,7-8,11H2,1-2H3. The average molecular weight is 435 g/mol. The molecule has 2 aromatic rings. The SMILES string of the molecule is CC1(C)CC(=O)c2c(C(F)(F)F)cn(-c3cc(F)c(C#N)c(NC4CCOC4)c3)c2C1. The monoisotopic (exact) mass is 435 g/mol. The number of fused-ring (bicyclic) bond motifs is 1. The number of hydrogen-bond donors (Lipinski definition) is 1. The Labute approximate surface area is 176 Å². The van der Waals surface area contributed by atoms with Gasteiger partial charge in [0, 0.05) is 24.9 Å². The first-order chi connectivity index (χ1) is 14.5. The molecule has 1 N–H and O–H groups in total. The normalized spacial score (nSPS) is 20.4. The van der Waals surface area contributed by atoms with Crippen molar-refractivity contribution in [1.82, 2.24) is 4.57 Å². The number of anilines is 1. The molecule has 31 heavy (non-hydrogen) atoms. The highest BCUT2D eigenvalue weighted by atomic mass is 19.4. The molecule has 4 rings (SSSR count). The number of benzene rings is 1. The zero-order valence-electron chi connectivity index (χ0n) is 17.1. The van der Waals surface area contributed by atoms with Crippen LogP contribution >= 0.6 is 0 Å². The molecular weight excluding hydrogens is 414 g/mol. The van der Waals surface area contributed by atoms with Crippen molar-refractivity contribution in [2.45, 2.75) is 45.3 Å². The summed E-state index contributed by atoms with van der Waals surface area (Å²) in [5.41, 5.74) is -1.62. The van der Waals surface area contributed by atoms with Gasteiger partial charge in [-0.1, -0.05) is 13.8 Å². The van der Waals surface area contributed by atoms with E-state index in [9.17, 15) is 27.6 Å². The van der Waals surface area contributed by atoms with E-state index in [2.05, 4.69) is 5.32 Å². The van der Waals surface area contributed by atoms with Crippen molar-refractivity contribution in [3.63, 3.8) is 0 Å². The summed E-state index contributed by atoms with van der Waals surface area (Å²) >= 11 is 0. The number of rotatable bonds is 3. The van der Waals surface area contributed by atoms with Gasteiger partial charge in [0.1, 0.15) is 17.4 Å². The Balaban J connectivity index is 1.89. The molecule has 0 bridgehead atoms. The first kappa shape index (κ1) is 21.4. The van der Waals surface area contributed by atoms with Crippen LogP contribution in [0.15, 0.2) is 18.3 Å². The molecule has 1 aromatic heterocycles. The van der Waals surface area contributed by atoms with E-state index in [0.717, 1.165) is 12.3 Å². The maximum absolute atomic E-state index is 14.8. The van der Waals surface area contributed by atoms with Gasteiger partial charge in [-0.3, -0.25) is 4.79 Å².